The van der Waals surface area contributed by atoms with E-state index in [9.17, 15) is 4.79 Å². The molecule has 4 nitrogen and oxygen atoms in total. The molecule has 1 atom stereocenters. The molecule has 0 radical (unpaired) electrons. The van der Waals surface area contributed by atoms with Gasteiger partial charge in [0.15, 0.2) is 0 Å². The highest BCUT2D eigenvalue weighted by Crippen LogP contribution is 2.30. The topological polar surface area (TPSA) is 47.6 Å². The van der Waals surface area contributed by atoms with Crippen LogP contribution in [0.1, 0.15) is 26.2 Å². The standard InChI is InChI=1S/C11H21NO3/c1-3-11(5-6-12-9-11)10(13)15-8-4-7-14-2/h12H,3-9H2,1-2H3. The van der Waals surface area contributed by atoms with Crippen LogP contribution in [0.2, 0.25) is 0 Å². The van der Waals surface area contributed by atoms with E-state index >= 15 is 0 Å². The van der Waals surface area contributed by atoms with Crippen molar-refractivity contribution >= 4 is 5.97 Å². The monoisotopic (exact) mass is 215 g/mol. The van der Waals surface area contributed by atoms with Crippen LogP contribution in [-0.4, -0.2) is 39.4 Å². The number of ether oxygens (including phenoxy) is 2. The highest BCUT2D eigenvalue weighted by molar-refractivity contribution is 5.77. The molecule has 1 saturated heterocycles. The van der Waals surface area contributed by atoms with E-state index in [-0.39, 0.29) is 11.4 Å². The summed E-state index contributed by atoms with van der Waals surface area (Å²) < 4.78 is 10.2. The molecule has 15 heavy (non-hydrogen) atoms. The zero-order valence-electron chi connectivity index (χ0n) is 9.67. The fourth-order valence-corrected chi connectivity index (χ4v) is 1.89. The SMILES string of the molecule is CCC1(C(=O)OCCCOC)CCNC1. The molecule has 1 aliphatic heterocycles. The largest absolute Gasteiger partial charge is 0.465 e. The van der Waals surface area contributed by atoms with Crippen molar-refractivity contribution in [3.8, 4) is 0 Å². The number of rotatable bonds is 6. The number of hydrogen-bond acceptors (Lipinski definition) is 4. The van der Waals surface area contributed by atoms with E-state index < -0.39 is 0 Å². The van der Waals surface area contributed by atoms with Gasteiger partial charge in [-0.25, -0.2) is 0 Å². The van der Waals surface area contributed by atoms with E-state index in [1.165, 1.54) is 0 Å². The molecule has 0 aromatic rings. The zero-order chi connectivity index (χ0) is 11.1. The third kappa shape index (κ3) is 3.18. The zero-order valence-corrected chi connectivity index (χ0v) is 9.67. The van der Waals surface area contributed by atoms with Crippen LogP contribution in [0.5, 0.6) is 0 Å². The molecule has 4 heteroatoms. The maximum Gasteiger partial charge on any atom is 0.313 e. The van der Waals surface area contributed by atoms with Crippen LogP contribution >= 0.6 is 0 Å². The molecule has 1 rings (SSSR count). The number of nitrogens with one attached hydrogen (secondary N) is 1. The summed E-state index contributed by atoms with van der Waals surface area (Å²) >= 11 is 0. The van der Waals surface area contributed by atoms with Crippen LogP contribution < -0.4 is 5.32 Å². The minimum Gasteiger partial charge on any atom is -0.465 e. The van der Waals surface area contributed by atoms with Crippen molar-refractivity contribution in [2.24, 2.45) is 5.41 Å². The second kappa shape index (κ2) is 6.08. The van der Waals surface area contributed by atoms with Gasteiger partial charge in [0.2, 0.25) is 0 Å². The Balaban J connectivity index is 2.31. The maximum atomic E-state index is 11.9. The van der Waals surface area contributed by atoms with E-state index in [4.69, 9.17) is 9.47 Å². The molecule has 0 aliphatic carbocycles. The summed E-state index contributed by atoms with van der Waals surface area (Å²) in [5, 5.41) is 3.22. The van der Waals surface area contributed by atoms with E-state index in [1.54, 1.807) is 7.11 Å². The molecule has 1 fully saturated rings. The second-order valence-corrected chi connectivity index (χ2v) is 4.04. The maximum absolute atomic E-state index is 11.9. The fourth-order valence-electron chi connectivity index (χ4n) is 1.89. The smallest absolute Gasteiger partial charge is 0.313 e. The van der Waals surface area contributed by atoms with Gasteiger partial charge in [0.1, 0.15) is 0 Å². The predicted molar refractivity (Wildman–Crippen MR) is 57.7 cm³/mol. The van der Waals surface area contributed by atoms with Gasteiger partial charge in [0, 0.05) is 26.7 Å². The van der Waals surface area contributed by atoms with Crippen LogP contribution in [0.4, 0.5) is 0 Å². The lowest BCUT2D eigenvalue weighted by molar-refractivity contribution is -0.155. The summed E-state index contributed by atoms with van der Waals surface area (Å²) in [5.74, 6) is -0.0499. The van der Waals surface area contributed by atoms with Gasteiger partial charge in [-0.3, -0.25) is 4.79 Å². The van der Waals surface area contributed by atoms with Gasteiger partial charge in [-0.1, -0.05) is 6.92 Å². The van der Waals surface area contributed by atoms with Gasteiger partial charge < -0.3 is 14.8 Å². The van der Waals surface area contributed by atoms with Crippen LogP contribution in [0, 0.1) is 5.41 Å². The molecule has 88 valence electrons. The number of carbonyl (C=O) groups excluding carboxylic acids is 1. The molecular weight excluding hydrogens is 194 g/mol. The van der Waals surface area contributed by atoms with Crippen molar-refractivity contribution in [1.29, 1.82) is 0 Å². The minimum absolute atomic E-state index is 0.0499. The number of hydrogen-bond donors (Lipinski definition) is 1. The summed E-state index contributed by atoms with van der Waals surface area (Å²) in [5.41, 5.74) is -0.271. The predicted octanol–water partition coefficient (Wildman–Crippen LogP) is 0.956. The first-order valence-corrected chi connectivity index (χ1v) is 5.62. The summed E-state index contributed by atoms with van der Waals surface area (Å²) in [7, 11) is 1.65. The molecule has 0 bridgehead atoms. The Morgan fingerprint density at radius 1 is 1.47 bits per heavy atom. The summed E-state index contributed by atoms with van der Waals surface area (Å²) in [6.45, 7) is 4.83. The van der Waals surface area contributed by atoms with Gasteiger partial charge in [0.25, 0.3) is 0 Å². The van der Waals surface area contributed by atoms with Gasteiger partial charge in [-0.2, -0.15) is 0 Å². The molecule has 0 aromatic heterocycles. The highest BCUT2D eigenvalue weighted by Gasteiger charge is 2.40. The van der Waals surface area contributed by atoms with Crippen LogP contribution in [0.25, 0.3) is 0 Å². The third-order valence-corrected chi connectivity index (χ3v) is 3.08. The molecule has 1 aliphatic rings. The second-order valence-electron chi connectivity index (χ2n) is 4.04. The van der Waals surface area contributed by atoms with Gasteiger partial charge in [-0.15, -0.1) is 0 Å². The average molecular weight is 215 g/mol. The molecule has 0 amide bonds. The molecular formula is C11H21NO3. The quantitative estimate of drug-likeness (QED) is 0.529. The van der Waals surface area contributed by atoms with E-state index in [0.29, 0.717) is 13.2 Å². The summed E-state index contributed by atoms with van der Waals surface area (Å²) in [4.78, 5) is 11.9. The van der Waals surface area contributed by atoms with Crippen molar-refractivity contribution in [3.63, 3.8) is 0 Å². The lowest BCUT2D eigenvalue weighted by atomic mass is 9.84. The highest BCUT2D eigenvalue weighted by atomic mass is 16.5. The normalized spacial score (nSPS) is 25.5. The van der Waals surface area contributed by atoms with Crippen molar-refractivity contribution in [2.75, 3.05) is 33.4 Å². The summed E-state index contributed by atoms with van der Waals surface area (Å²) in [6, 6.07) is 0. The van der Waals surface area contributed by atoms with Gasteiger partial charge in [0.05, 0.1) is 12.0 Å². The first kappa shape index (κ1) is 12.5. The Morgan fingerprint density at radius 3 is 2.80 bits per heavy atom. The van der Waals surface area contributed by atoms with Gasteiger partial charge in [-0.05, 0) is 19.4 Å². The first-order valence-electron chi connectivity index (χ1n) is 5.62. The number of methoxy groups -OCH3 is 1. The molecule has 1 heterocycles. The van der Waals surface area contributed by atoms with E-state index in [2.05, 4.69) is 5.32 Å². The molecule has 0 spiro atoms. The van der Waals surface area contributed by atoms with Crippen molar-refractivity contribution in [3.05, 3.63) is 0 Å². The Kier molecular flexibility index (Phi) is 5.05. The van der Waals surface area contributed by atoms with Crippen molar-refractivity contribution < 1.29 is 14.3 Å². The Bertz CT molecular complexity index is 200. The molecule has 1 unspecified atom stereocenters. The molecule has 0 aromatic carbocycles. The molecule has 1 N–H and O–H groups in total. The third-order valence-electron chi connectivity index (χ3n) is 3.08. The number of esters is 1. The Labute approximate surface area is 91.3 Å². The van der Waals surface area contributed by atoms with Crippen LogP contribution in [0.3, 0.4) is 0 Å². The van der Waals surface area contributed by atoms with Crippen LogP contribution in [-0.2, 0) is 14.3 Å². The van der Waals surface area contributed by atoms with Crippen molar-refractivity contribution in [2.45, 2.75) is 26.2 Å². The average Bonchev–Trinajstić information content (AvgIpc) is 2.74. The van der Waals surface area contributed by atoms with Crippen molar-refractivity contribution in [1.82, 2.24) is 5.32 Å². The Morgan fingerprint density at radius 2 is 2.27 bits per heavy atom. The lowest BCUT2D eigenvalue weighted by Gasteiger charge is -2.23. The fraction of sp³-hybridized carbons (Fsp3) is 0.909. The lowest BCUT2D eigenvalue weighted by Crippen LogP contribution is -2.34. The van der Waals surface area contributed by atoms with E-state index in [0.717, 1.165) is 32.4 Å². The Hall–Kier alpha value is -0.610. The number of carbonyl (C=O) groups is 1. The van der Waals surface area contributed by atoms with Crippen LogP contribution in [0.15, 0.2) is 0 Å². The first-order chi connectivity index (χ1) is 7.25. The molecule has 0 saturated carbocycles. The van der Waals surface area contributed by atoms with Gasteiger partial charge >= 0.3 is 5.97 Å². The van der Waals surface area contributed by atoms with E-state index in [1.807, 2.05) is 6.92 Å². The summed E-state index contributed by atoms with van der Waals surface area (Å²) in [6.07, 6.45) is 2.52. The minimum atomic E-state index is -0.271.